The second-order valence-electron chi connectivity index (χ2n) is 3.41. The quantitative estimate of drug-likeness (QED) is 0.639. The van der Waals surface area contributed by atoms with Gasteiger partial charge in [0.05, 0.1) is 6.10 Å². The Bertz CT molecular complexity index is 300. The van der Waals surface area contributed by atoms with Crippen molar-refractivity contribution in [1.82, 2.24) is 0 Å². The van der Waals surface area contributed by atoms with E-state index in [4.69, 9.17) is 4.74 Å². The van der Waals surface area contributed by atoms with Crippen LogP contribution < -0.4 is 0 Å². The van der Waals surface area contributed by atoms with Crippen LogP contribution in [0.1, 0.15) is 18.4 Å². The maximum Gasteiger partial charge on any atom is 0.0758 e. The first kappa shape index (κ1) is 11.7. The van der Waals surface area contributed by atoms with Crippen LogP contribution in [0.15, 0.2) is 49.1 Å². The van der Waals surface area contributed by atoms with Crippen LogP contribution in [0.2, 0.25) is 0 Å². The highest BCUT2D eigenvalue weighted by Crippen LogP contribution is 2.07. The molecule has 1 heteroatoms. The molecule has 1 nitrogen and oxygen atoms in total. The highest BCUT2D eigenvalue weighted by Gasteiger charge is 1.99. The smallest absolute Gasteiger partial charge is 0.0758 e. The monoisotopic (exact) mass is 202 g/mol. The molecule has 0 heterocycles. The van der Waals surface area contributed by atoms with Crippen molar-refractivity contribution in [2.75, 3.05) is 7.11 Å². The first-order chi connectivity index (χ1) is 7.36. The highest BCUT2D eigenvalue weighted by atomic mass is 16.5. The molecule has 0 bridgehead atoms. The number of rotatable bonds is 6. The average Bonchev–Trinajstić information content (AvgIpc) is 2.31. The second kappa shape index (κ2) is 7.02. The van der Waals surface area contributed by atoms with E-state index in [2.05, 4.69) is 30.9 Å². The van der Waals surface area contributed by atoms with Gasteiger partial charge < -0.3 is 4.74 Å². The molecule has 0 amide bonds. The summed E-state index contributed by atoms with van der Waals surface area (Å²) in [5.74, 6) is 0. The molecule has 0 fully saturated rings. The van der Waals surface area contributed by atoms with Crippen molar-refractivity contribution >= 4 is 6.08 Å². The Morgan fingerprint density at radius 2 is 2.07 bits per heavy atom. The number of allylic oxidation sites excluding steroid dienone is 1. The predicted octanol–water partition coefficient (Wildman–Crippen LogP) is 3.68. The molecule has 0 N–H and O–H groups in total. The summed E-state index contributed by atoms with van der Waals surface area (Å²) in [6, 6.07) is 10.2. The summed E-state index contributed by atoms with van der Waals surface area (Å²) < 4.78 is 5.34. The average molecular weight is 202 g/mol. The number of benzene rings is 1. The lowest BCUT2D eigenvalue weighted by atomic mass is 10.1. The number of hydrogen-bond acceptors (Lipinski definition) is 1. The molecule has 0 saturated carbocycles. The molecule has 0 aliphatic carbocycles. The maximum absolute atomic E-state index is 5.34. The van der Waals surface area contributed by atoms with Crippen LogP contribution in [-0.4, -0.2) is 13.2 Å². The minimum Gasteiger partial charge on any atom is -0.377 e. The van der Waals surface area contributed by atoms with Crippen LogP contribution in [-0.2, 0) is 4.74 Å². The summed E-state index contributed by atoms with van der Waals surface area (Å²) in [5, 5.41) is 0. The summed E-state index contributed by atoms with van der Waals surface area (Å²) in [6.45, 7) is 3.71. The Balaban J connectivity index is 2.50. The van der Waals surface area contributed by atoms with Gasteiger partial charge in [-0.3, -0.25) is 0 Å². The second-order valence-corrected chi connectivity index (χ2v) is 3.41. The van der Waals surface area contributed by atoms with Crippen molar-refractivity contribution in [1.29, 1.82) is 0 Å². The van der Waals surface area contributed by atoms with E-state index >= 15 is 0 Å². The molecule has 1 aromatic carbocycles. The van der Waals surface area contributed by atoms with E-state index in [0.717, 1.165) is 12.8 Å². The van der Waals surface area contributed by atoms with E-state index in [-0.39, 0.29) is 6.10 Å². The number of ether oxygens (including phenoxy) is 1. The molecular formula is C14H18O. The Kier molecular flexibility index (Phi) is 5.49. The lowest BCUT2D eigenvalue weighted by Gasteiger charge is -2.08. The maximum atomic E-state index is 5.34. The van der Waals surface area contributed by atoms with Gasteiger partial charge in [0.25, 0.3) is 0 Å². The van der Waals surface area contributed by atoms with E-state index in [1.807, 2.05) is 24.3 Å². The van der Waals surface area contributed by atoms with Crippen LogP contribution >= 0.6 is 0 Å². The first-order valence-electron chi connectivity index (χ1n) is 5.23. The van der Waals surface area contributed by atoms with Gasteiger partial charge in [-0.1, -0.05) is 48.6 Å². The van der Waals surface area contributed by atoms with Gasteiger partial charge in [0.15, 0.2) is 0 Å². The van der Waals surface area contributed by atoms with E-state index in [9.17, 15) is 0 Å². The fourth-order valence-corrected chi connectivity index (χ4v) is 1.36. The molecule has 1 rings (SSSR count). The van der Waals surface area contributed by atoms with Crippen LogP contribution in [0.25, 0.3) is 6.08 Å². The van der Waals surface area contributed by atoms with Gasteiger partial charge >= 0.3 is 0 Å². The Labute approximate surface area is 92.1 Å². The van der Waals surface area contributed by atoms with Crippen LogP contribution in [0.3, 0.4) is 0 Å². The molecule has 1 atom stereocenters. The molecule has 15 heavy (non-hydrogen) atoms. The fraction of sp³-hybridized carbons (Fsp3) is 0.286. The normalized spacial score (nSPS) is 12.9. The topological polar surface area (TPSA) is 9.23 Å². The van der Waals surface area contributed by atoms with Crippen molar-refractivity contribution in [3.63, 3.8) is 0 Å². The summed E-state index contributed by atoms with van der Waals surface area (Å²) in [5.41, 5.74) is 1.21. The Hall–Kier alpha value is -1.34. The van der Waals surface area contributed by atoms with E-state index in [1.165, 1.54) is 5.56 Å². The molecule has 1 unspecified atom stereocenters. The first-order valence-corrected chi connectivity index (χ1v) is 5.23. The molecule has 0 aliphatic rings. The van der Waals surface area contributed by atoms with Crippen LogP contribution in [0, 0.1) is 0 Å². The number of hydrogen-bond donors (Lipinski definition) is 0. The lowest BCUT2D eigenvalue weighted by molar-refractivity contribution is 0.135. The standard InChI is InChI=1S/C14H18O/c1-3-4-10-14(15-2)12-11-13-8-6-5-7-9-13/h3,5-9,11-12,14H,1,4,10H2,2H3/b12-11+. The lowest BCUT2D eigenvalue weighted by Crippen LogP contribution is -2.05. The zero-order valence-corrected chi connectivity index (χ0v) is 9.23. The molecular weight excluding hydrogens is 184 g/mol. The van der Waals surface area contributed by atoms with E-state index in [0.29, 0.717) is 0 Å². The molecule has 0 spiro atoms. The summed E-state index contributed by atoms with van der Waals surface area (Å²) >= 11 is 0. The van der Waals surface area contributed by atoms with Crippen molar-refractivity contribution in [2.24, 2.45) is 0 Å². The van der Waals surface area contributed by atoms with Crippen LogP contribution in [0.4, 0.5) is 0 Å². The zero-order chi connectivity index (χ0) is 10.9. The predicted molar refractivity (Wildman–Crippen MR) is 65.7 cm³/mol. The SMILES string of the molecule is C=CCCC(/C=C/c1ccccc1)OC. The third-order valence-corrected chi connectivity index (χ3v) is 2.26. The van der Waals surface area contributed by atoms with Gasteiger partial charge in [0.1, 0.15) is 0 Å². The van der Waals surface area contributed by atoms with Crippen LogP contribution in [0.5, 0.6) is 0 Å². The van der Waals surface area contributed by atoms with Gasteiger partial charge in [-0.25, -0.2) is 0 Å². The molecule has 0 radical (unpaired) electrons. The van der Waals surface area contributed by atoms with Gasteiger partial charge in [-0.05, 0) is 18.4 Å². The third kappa shape index (κ3) is 4.61. The van der Waals surface area contributed by atoms with E-state index < -0.39 is 0 Å². The van der Waals surface area contributed by atoms with Gasteiger partial charge in [-0.15, -0.1) is 6.58 Å². The molecule has 1 aromatic rings. The van der Waals surface area contributed by atoms with E-state index in [1.54, 1.807) is 7.11 Å². The summed E-state index contributed by atoms with van der Waals surface area (Å²) in [6.07, 6.45) is 8.27. The minimum absolute atomic E-state index is 0.184. The third-order valence-electron chi connectivity index (χ3n) is 2.26. The summed E-state index contributed by atoms with van der Waals surface area (Å²) in [4.78, 5) is 0. The van der Waals surface area contributed by atoms with Crippen molar-refractivity contribution in [3.8, 4) is 0 Å². The zero-order valence-electron chi connectivity index (χ0n) is 9.23. The van der Waals surface area contributed by atoms with Crippen molar-refractivity contribution in [3.05, 3.63) is 54.6 Å². The number of methoxy groups -OCH3 is 1. The molecule has 0 aromatic heterocycles. The molecule has 80 valence electrons. The Morgan fingerprint density at radius 3 is 2.67 bits per heavy atom. The summed E-state index contributed by atoms with van der Waals surface area (Å²) in [7, 11) is 1.74. The fourth-order valence-electron chi connectivity index (χ4n) is 1.36. The molecule has 0 saturated heterocycles. The van der Waals surface area contributed by atoms with Gasteiger partial charge in [0, 0.05) is 7.11 Å². The van der Waals surface area contributed by atoms with Crippen molar-refractivity contribution < 1.29 is 4.74 Å². The highest BCUT2D eigenvalue weighted by molar-refractivity contribution is 5.49. The minimum atomic E-state index is 0.184. The largest absolute Gasteiger partial charge is 0.377 e. The van der Waals surface area contributed by atoms with Gasteiger partial charge in [-0.2, -0.15) is 0 Å². The van der Waals surface area contributed by atoms with Crippen molar-refractivity contribution in [2.45, 2.75) is 18.9 Å². The Morgan fingerprint density at radius 1 is 1.33 bits per heavy atom. The molecule has 0 aliphatic heterocycles. The van der Waals surface area contributed by atoms with Gasteiger partial charge in [0.2, 0.25) is 0 Å².